The molecule has 1 saturated heterocycles. The molecule has 1 aliphatic heterocycles. The van der Waals surface area contributed by atoms with Gasteiger partial charge in [-0.2, -0.15) is 0 Å². The van der Waals surface area contributed by atoms with Gasteiger partial charge in [-0.15, -0.1) is 0 Å². The maximum absolute atomic E-state index is 6.81. The number of rotatable bonds is 7. The highest BCUT2D eigenvalue weighted by Gasteiger charge is 2.52. The van der Waals surface area contributed by atoms with Crippen molar-refractivity contribution in [2.24, 2.45) is 0 Å². The average molecular weight is 750 g/mol. The molecule has 280 valence electrons. The van der Waals surface area contributed by atoms with Gasteiger partial charge in [0.15, 0.2) is 0 Å². The highest BCUT2D eigenvalue weighted by atomic mass is 16.7. The Kier molecular flexibility index (Phi) is 8.78. The summed E-state index contributed by atoms with van der Waals surface area (Å²) in [5.74, 6) is 0. The third kappa shape index (κ3) is 6.36. The number of aromatic nitrogens is 1. The lowest BCUT2D eigenvalue weighted by Crippen LogP contribution is -2.41. The van der Waals surface area contributed by atoms with E-state index >= 15 is 0 Å². The molecule has 0 unspecified atom stereocenters. The van der Waals surface area contributed by atoms with Crippen molar-refractivity contribution < 1.29 is 9.31 Å². The molecule has 0 saturated carbocycles. The summed E-state index contributed by atoms with van der Waals surface area (Å²) in [6.45, 7) is 8.48. The lowest BCUT2D eigenvalue weighted by atomic mass is 9.76. The van der Waals surface area contributed by atoms with E-state index < -0.39 is 18.3 Å². The zero-order chi connectivity index (χ0) is 39.4. The van der Waals surface area contributed by atoms with Gasteiger partial charge in [0.05, 0.1) is 22.2 Å². The second-order valence-corrected chi connectivity index (χ2v) is 16.4. The molecule has 2 heterocycles. The summed E-state index contributed by atoms with van der Waals surface area (Å²) in [6, 6.07) is 70.0. The van der Waals surface area contributed by atoms with Crippen LogP contribution in [0.1, 0.15) is 27.7 Å². The molecule has 10 rings (SSSR count). The molecule has 58 heavy (non-hydrogen) atoms. The first-order chi connectivity index (χ1) is 28.2. The molecule has 1 aliphatic rings. The minimum Gasteiger partial charge on any atom is -0.399 e. The second kappa shape index (κ2) is 14.2. The van der Waals surface area contributed by atoms with Crippen molar-refractivity contribution in [3.63, 3.8) is 0 Å². The third-order valence-electron chi connectivity index (χ3n) is 12.3. The molecular formula is C54H44BNO2. The smallest absolute Gasteiger partial charge is 0.399 e. The van der Waals surface area contributed by atoms with Gasteiger partial charge in [0.1, 0.15) is 0 Å². The van der Waals surface area contributed by atoms with Gasteiger partial charge < -0.3 is 13.9 Å². The van der Waals surface area contributed by atoms with Crippen LogP contribution >= 0.6 is 0 Å². The molecule has 4 heteroatoms. The van der Waals surface area contributed by atoms with E-state index in [4.69, 9.17) is 9.31 Å². The van der Waals surface area contributed by atoms with Crippen LogP contribution in [0.5, 0.6) is 0 Å². The van der Waals surface area contributed by atoms with Crippen LogP contribution in [0.2, 0.25) is 0 Å². The molecule has 0 aliphatic carbocycles. The fraction of sp³-hybridized carbons (Fsp3) is 0.111. The molecular weight excluding hydrogens is 705 g/mol. The Morgan fingerprint density at radius 1 is 0.345 bits per heavy atom. The molecule has 0 atom stereocenters. The van der Waals surface area contributed by atoms with E-state index in [1.807, 2.05) is 0 Å². The van der Waals surface area contributed by atoms with Crippen LogP contribution in [0.4, 0.5) is 0 Å². The SMILES string of the molecule is CC1(C)OB(c2cc(-c3ccccc3)ccc2-n2c3ccc(-c4ccc(-c5ccccc5)cc4)cc3c3cc(-c4ccc(-c5ccccc5)cc4)ccc32)OC1(C)C. The third-order valence-corrected chi connectivity index (χ3v) is 12.3. The summed E-state index contributed by atoms with van der Waals surface area (Å²) in [6.07, 6.45) is 0. The van der Waals surface area contributed by atoms with Gasteiger partial charge in [0.2, 0.25) is 0 Å². The first-order valence-electron chi connectivity index (χ1n) is 20.2. The topological polar surface area (TPSA) is 23.4 Å². The van der Waals surface area contributed by atoms with Gasteiger partial charge in [-0.25, -0.2) is 0 Å². The molecule has 9 aromatic rings. The predicted molar refractivity (Wildman–Crippen MR) is 244 cm³/mol. The molecule has 1 aromatic heterocycles. The van der Waals surface area contributed by atoms with Gasteiger partial charge in [-0.1, -0.05) is 164 Å². The van der Waals surface area contributed by atoms with Crippen LogP contribution in [-0.4, -0.2) is 22.9 Å². The number of hydrogen-bond acceptors (Lipinski definition) is 2. The van der Waals surface area contributed by atoms with Gasteiger partial charge in [0.25, 0.3) is 0 Å². The summed E-state index contributed by atoms with van der Waals surface area (Å²) in [5.41, 5.74) is 15.1. The highest BCUT2D eigenvalue weighted by Crippen LogP contribution is 2.41. The minimum absolute atomic E-state index is 0.492. The summed E-state index contributed by atoms with van der Waals surface area (Å²) >= 11 is 0. The average Bonchev–Trinajstić information content (AvgIpc) is 3.71. The maximum Gasteiger partial charge on any atom is 0.497 e. The van der Waals surface area contributed by atoms with E-state index in [2.05, 4.69) is 226 Å². The fourth-order valence-electron chi connectivity index (χ4n) is 8.34. The van der Waals surface area contributed by atoms with Gasteiger partial charge in [-0.3, -0.25) is 0 Å². The van der Waals surface area contributed by atoms with Crippen molar-refractivity contribution in [3.05, 3.63) is 194 Å². The maximum atomic E-state index is 6.81. The van der Waals surface area contributed by atoms with Gasteiger partial charge in [-0.05, 0) is 114 Å². The Morgan fingerprint density at radius 2 is 0.655 bits per heavy atom. The van der Waals surface area contributed by atoms with Crippen molar-refractivity contribution in [2.75, 3.05) is 0 Å². The zero-order valence-electron chi connectivity index (χ0n) is 33.3. The molecule has 0 radical (unpaired) electrons. The molecule has 8 aromatic carbocycles. The molecule has 0 spiro atoms. The summed E-state index contributed by atoms with van der Waals surface area (Å²) in [5, 5.41) is 2.38. The number of nitrogens with zero attached hydrogens (tertiary/aromatic N) is 1. The molecule has 3 nitrogen and oxygen atoms in total. The van der Waals surface area contributed by atoms with E-state index in [1.165, 1.54) is 55.3 Å². The van der Waals surface area contributed by atoms with Crippen molar-refractivity contribution in [1.29, 1.82) is 0 Å². The summed E-state index contributed by atoms with van der Waals surface area (Å²) < 4.78 is 16.0. The van der Waals surface area contributed by atoms with Crippen LogP contribution < -0.4 is 5.46 Å². The summed E-state index contributed by atoms with van der Waals surface area (Å²) in [4.78, 5) is 0. The van der Waals surface area contributed by atoms with Crippen molar-refractivity contribution >= 4 is 34.4 Å². The van der Waals surface area contributed by atoms with E-state index in [9.17, 15) is 0 Å². The lowest BCUT2D eigenvalue weighted by molar-refractivity contribution is 0.00578. The van der Waals surface area contributed by atoms with E-state index in [-0.39, 0.29) is 0 Å². The zero-order valence-corrected chi connectivity index (χ0v) is 33.3. The predicted octanol–water partition coefficient (Wildman–Crippen LogP) is 13.4. The molecule has 0 N–H and O–H groups in total. The normalized spacial score (nSPS) is 14.7. The largest absolute Gasteiger partial charge is 0.497 e. The van der Waals surface area contributed by atoms with Crippen LogP contribution in [0.15, 0.2) is 194 Å². The Bertz CT molecular complexity index is 2760. The molecule has 1 fully saturated rings. The first kappa shape index (κ1) is 35.9. The standard InChI is InChI=1S/C54H44BNO2/c1-53(2)54(3,4)58-55(57-53)49-36-46(39-18-12-7-13-19-39)30-33-52(49)56-50-31-28-44(42-24-20-40(21-25-42)37-14-8-5-9-15-37)34-47(50)48-35-45(29-32-51(48)56)43-26-22-41(23-27-43)38-16-10-6-11-17-38/h5-36H,1-4H3. The van der Waals surface area contributed by atoms with Gasteiger partial charge >= 0.3 is 7.12 Å². The number of fused-ring (bicyclic) bond motifs is 3. The van der Waals surface area contributed by atoms with Crippen molar-refractivity contribution in [3.8, 4) is 61.3 Å². The number of benzene rings is 8. The second-order valence-electron chi connectivity index (χ2n) is 16.4. The monoisotopic (exact) mass is 749 g/mol. The summed E-state index contributed by atoms with van der Waals surface area (Å²) in [7, 11) is -0.555. The highest BCUT2D eigenvalue weighted by molar-refractivity contribution is 6.63. The van der Waals surface area contributed by atoms with Crippen LogP contribution in [0, 0.1) is 0 Å². The Hall–Kier alpha value is -6.46. The Labute approximate surface area is 341 Å². The lowest BCUT2D eigenvalue weighted by Gasteiger charge is -2.32. The van der Waals surface area contributed by atoms with Crippen molar-refractivity contribution in [2.45, 2.75) is 38.9 Å². The number of hydrogen-bond donors (Lipinski definition) is 0. The Morgan fingerprint density at radius 3 is 1.07 bits per heavy atom. The first-order valence-corrected chi connectivity index (χ1v) is 20.2. The van der Waals surface area contributed by atoms with Crippen molar-refractivity contribution in [1.82, 2.24) is 4.57 Å². The van der Waals surface area contributed by atoms with E-state index in [0.717, 1.165) is 33.3 Å². The fourth-order valence-corrected chi connectivity index (χ4v) is 8.34. The Balaban J connectivity index is 1.16. The molecule has 0 amide bonds. The quantitative estimate of drug-likeness (QED) is 0.152. The molecule has 0 bridgehead atoms. The minimum atomic E-state index is -0.555. The van der Waals surface area contributed by atoms with Gasteiger partial charge in [0, 0.05) is 21.9 Å². The van der Waals surface area contributed by atoms with E-state index in [0.29, 0.717) is 0 Å². The van der Waals surface area contributed by atoms with E-state index in [1.54, 1.807) is 0 Å². The van der Waals surface area contributed by atoms with Crippen LogP contribution in [0.25, 0.3) is 83.1 Å². The van der Waals surface area contributed by atoms with Crippen LogP contribution in [0.3, 0.4) is 0 Å². The van der Waals surface area contributed by atoms with Crippen LogP contribution in [-0.2, 0) is 9.31 Å².